The van der Waals surface area contributed by atoms with E-state index in [1.165, 1.54) is 17.7 Å². The van der Waals surface area contributed by atoms with Gasteiger partial charge in [0.2, 0.25) is 0 Å². The second-order valence-electron chi connectivity index (χ2n) is 6.66. The second kappa shape index (κ2) is 7.57. The Morgan fingerprint density at radius 3 is 2.74 bits per heavy atom. The molecule has 0 aliphatic carbocycles. The molecule has 140 valence electrons. The van der Waals surface area contributed by atoms with E-state index in [2.05, 4.69) is 17.2 Å². The molecule has 0 radical (unpaired) electrons. The minimum Gasteiger partial charge on any atom is -0.370 e. The average molecular weight is 367 g/mol. The lowest BCUT2D eigenvalue weighted by Crippen LogP contribution is -2.40. The summed E-state index contributed by atoms with van der Waals surface area (Å²) < 4.78 is 13.4. The summed E-state index contributed by atoms with van der Waals surface area (Å²) in [5.41, 5.74) is 9.83. The Morgan fingerprint density at radius 1 is 1.30 bits per heavy atom. The third-order valence-electron chi connectivity index (χ3n) is 4.76. The molecule has 27 heavy (non-hydrogen) atoms. The van der Waals surface area contributed by atoms with Gasteiger partial charge in [0.25, 0.3) is 5.91 Å². The van der Waals surface area contributed by atoms with Crippen LogP contribution in [0.25, 0.3) is 5.57 Å². The van der Waals surface area contributed by atoms with Gasteiger partial charge in [0.05, 0.1) is 0 Å². The molecule has 3 rings (SSSR count). The number of pyridine rings is 1. The molecular formula is C20H22FN5O. The predicted molar refractivity (Wildman–Crippen MR) is 104 cm³/mol. The Labute approximate surface area is 157 Å². The molecule has 0 atom stereocenters. The third-order valence-corrected chi connectivity index (χ3v) is 4.76. The number of nitrogens with one attached hydrogen (secondary N) is 2. The highest BCUT2D eigenvalue weighted by Crippen LogP contribution is 2.26. The first-order valence-electron chi connectivity index (χ1n) is 8.66. The van der Waals surface area contributed by atoms with E-state index in [1.54, 1.807) is 25.3 Å². The first-order chi connectivity index (χ1) is 12.8. The number of carbonyl (C=O) groups excluding carboxylic acids is 1. The van der Waals surface area contributed by atoms with Gasteiger partial charge in [-0.15, -0.1) is 0 Å². The molecule has 0 bridgehead atoms. The fourth-order valence-electron chi connectivity index (χ4n) is 3.07. The zero-order chi connectivity index (χ0) is 19.6. The molecule has 1 aromatic carbocycles. The van der Waals surface area contributed by atoms with Crippen LogP contribution in [0.5, 0.6) is 0 Å². The first-order valence-corrected chi connectivity index (χ1v) is 8.66. The van der Waals surface area contributed by atoms with Gasteiger partial charge in [0.1, 0.15) is 11.6 Å². The van der Waals surface area contributed by atoms with E-state index in [4.69, 9.17) is 11.1 Å². The smallest absolute Gasteiger partial charge is 0.257 e. The van der Waals surface area contributed by atoms with E-state index in [1.807, 2.05) is 11.0 Å². The van der Waals surface area contributed by atoms with Gasteiger partial charge in [-0.05, 0) is 61.2 Å². The zero-order valence-corrected chi connectivity index (χ0v) is 15.3. The Hall–Kier alpha value is -3.22. The first kappa shape index (κ1) is 18.6. The van der Waals surface area contributed by atoms with Crippen LogP contribution >= 0.6 is 0 Å². The lowest BCUT2D eigenvalue weighted by atomic mass is 9.96. The monoisotopic (exact) mass is 367 g/mol. The fourth-order valence-corrected chi connectivity index (χ4v) is 3.07. The standard InChI is InChI=1S/C20H22FN5O/c1-12-3-5-15(21)9-16(12)19(27)25-18-6-4-14(10-24-18)17-11-26(20(22)23)8-7-13(17)2/h3-6,9-10H,7-8,11H2,1-2H3,(H3,22,23)(H,24,25,27). The van der Waals surface area contributed by atoms with Crippen molar-refractivity contribution in [3.05, 3.63) is 64.6 Å². The van der Waals surface area contributed by atoms with Crippen LogP contribution in [0.15, 0.2) is 42.1 Å². The highest BCUT2D eigenvalue weighted by molar-refractivity contribution is 6.04. The number of nitrogens with zero attached hydrogens (tertiary/aromatic N) is 2. The Morgan fingerprint density at radius 2 is 2.07 bits per heavy atom. The van der Waals surface area contributed by atoms with E-state index in [-0.39, 0.29) is 11.5 Å². The van der Waals surface area contributed by atoms with Gasteiger partial charge >= 0.3 is 0 Å². The van der Waals surface area contributed by atoms with Crippen LogP contribution in [0, 0.1) is 18.2 Å². The van der Waals surface area contributed by atoms with Gasteiger partial charge in [-0.3, -0.25) is 10.2 Å². The minimum absolute atomic E-state index is 0.0577. The lowest BCUT2D eigenvalue weighted by molar-refractivity contribution is 0.102. The Kier molecular flexibility index (Phi) is 5.21. The van der Waals surface area contributed by atoms with Crippen molar-refractivity contribution in [2.45, 2.75) is 20.3 Å². The van der Waals surface area contributed by atoms with Crippen LogP contribution in [0.2, 0.25) is 0 Å². The number of anilines is 1. The van der Waals surface area contributed by atoms with E-state index >= 15 is 0 Å². The molecule has 0 saturated carbocycles. The molecule has 0 saturated heterocycles. The van der Waals surface area contributed by atoms with E-state index in [9.17, 15) is 9.18 Å². The molecule has 7 heteroatoms. The summed E-state index contributed by atoms with van der Waals surface area (Å²) in [6.07, 6.45) is 2.53. The summed E-state index contributed by atoms with van der Waals surface area (Å²) >= 11 is 0. The summed E-state index contributed by atoms with van der Waals surface area (Å²) in [5.74, 6) is -0.404. The van der Waals surface area contributed by atoms with Gasteiger partial charge < -0.3 is 16.0 Å². The summed E-state index contributed by atoms with van der Waals surface area (Å²) in [6, 6.07) is 7.70. The quantitative estimate of drug-likeness (QED) is 0.574. The average Bonchev–Trinajstić information content (AvgIpc) is 2.64. The van der Waals surface area contributed by atoms with Gasteiger partial charge in [-0.1, -0.05) is 11.6 Å². The van der Waals surface area contributed by atoms with Crippen LogP contribution < -0.4 is 11.1 Å². The molecule has 1 aromatic heterocycles. The summed E-state index contributed by atoms with van der Waals surface area (Å²) in [5, 5.41) is 10.3. The summed E-state index contributed by atoms with van der Waals surface area (Å²) in [6.45, 7) is 5.12. The molecular weight excluding hydrogens is 345 g/mol. The third kappa shape index (κ3) is 4.13. The van der Waals surface area contributed by atoms with E-state index in [0.29, 0.717) is 17.9 Å². The maximum Gasteiger partial charge on any atom is 0.257 e. The van der Waals surface area contributed by atoms with Crippen LogP contribution in [0.1, 0.15) is 34.8 Å². The van der Waals surface area contributed by atoms with Crippen molar-refractivity contribution in [3.63, 3.8) is 0 Å². The molecule has 1 aliphatic rings. The van der Waals surface area contributed by atoms with Crippen molar-refractivity contribution in [3.8, 4) is 0 Å². The van der Waals surface area contributed by atoms with Crippen molar-refractivity contribution in [1.29, 1.82) is 5.41 Å². The van der Waals surface area contributed by atoms with Crippen molar-refractivity contribution in [2.24, 2.45) is 5.73 Å². The molecule has 2 aromatic rings. The lowest BCUT2D eigenvalue weighted by Gasteiger charge is -2.30. The van der Waals surface area contributed by atoms with Crippen LogP contribution in [-0.4, -0.2) is 34.8 Å². The number of carbonyl (C=O) groups is 1. The maximum absolute atomic E-state index is 13.4. The largest absolute Gasteiger partial charge is 0.370 e. The number of aromatic nitrogens is 1. The number of nitrogens with two attached hydrogens (primary N) is 1. The molecule has 0 spiro atoms. The van der Waals surface area contributed by atoms with Gasteiger partial charge in [-0.2, -0.15) is 0 Å². The molecule has 0 fully saturated rings. The minimum atomic E-state index is -0.455. The molecule has 0 unspecified atom stereocenters. The number of guanidine groups is 1. The number of hydrogen-bond acceptors (Lipinski definition) is 3. The number of hydrogen-bond donors (Lipinski definition) is 3. The number of benzene rings is 1. The second-order valence-corrected chi connectivity index (χ2v) is 6.66. The summed E-state index contributed by atoms with van der Waals surface area (Å²) in [7, 11) is 0. The van der Waals surface area contributed by atoms with E-state index in [0.717, 1.165) is 24.1 Å². The zero-order valence-electron chi connectivity index (χ0n) is 15.3. The van der Waals surface area contributed by atoms with Gasteiger partial charge in [-0.25, -0.2) is 9.37 Å². The van der Waals surface area contributed by atoms with Crippen LogP contribution in [-0.2, 0) is 0 Å². The number of halogens is 1. The number of aryl methyl sites for hydroxylation is 1. The van der Waals surface area contributed by atoms with Crippen molar-refractivity contribution in [1.82, 2.24) is 9.88 Å². The molecule has 1 amide bonds. The van der Waals surface area contributed by atoms with Gasteiger partial charge in [0, 0.05) is 24.8 Å². The topological polar surface area (TPSA) is 95.1 Å². The van der Waals surface area contributed by atoms with Gasteiger partial charge in [0.15, 0.2) is 5.96 Å². The number of rotatable bonds is 3. The normalized spacial score (nSPS) is 14.3. The highest BCUT2D eigenvalue weighted by atomic mass is 19.1. The molecule has 1 aliphatic heterocycles. The van der Waals surface area contributed by atoms with Crippen LogP contribution in [0.4, 0.5) is 10.2 Å². The highest BCUT2D eigenvalue weighted by Gasteiger charge is 2.19. The Bertz CT molecular complexity index is 920. The van der Waals surface area contributed by atoms with Crippen molar-refractivity contribution in [2.75, 3.05) is 18.4 Å². The Balaban J connectivity index is 1.76. The molecule has 4 N–H and O–H groups in total. The summed E-state index contributed by atoms with van der Waals surface area (Å²) in [4.78, 5) is 18.5. The van der Waals surface area contributed by atoms with Crippen molar-refractivity contribution < 1.29 is 9.18 Å². The van der Waals surface area contributed by atoms with E-state index < -0.39 is 11.7 Å². The fraction of sp³-hybridized carbons (Fsp3) is 0.250. The van der Waals surface area contributed by atoms with Crippen molar-refractivity contribution >= 4 is 23.3 Å². The molecule has 6 nitrogen and oxygen atoms in total. The van der Waals surface area contributed by atoms with Crippen LogP contribution in [0.3, 0.4) is 0 Å². The number of amides is 1. The maximum atomic E-state index is 13.4. The molecule has 2 heterocycles. The predicted octanol–water partition coefficient (Wildman–Crippen LogP) is 3.15. The SMILES string of the molecule is CC1=C(c2ccc(NC(=O)c3cc(F)ccc3C)nc2)CN(C(=N)N)CC1.